The fourth-order valence-corrected chi connectivity index (χ4v) is 2.08. The molecule has 0 atom stereocenters. The maximum Gasteiger partial charge on any atom is 0.246 e. The second kappa shape index (κ2) is 5.64. The van der Waals surface area contributed by atoms with E-state index in [1.165, 1.54) is 12.8 Å². The maximum absolute atomic E-state index is 11.4. The molecule has 0 aromatic carbocycles. The Hall–Kier alpha value is -0.610. The third-order valence-corrected chi connectivity index (χ3v) is 3.45. The summed E-state index contributed by atoms with van der Waals surface area (Å²) in [6, 6.07) is 0.337. The molecule has 0 aromatic rings. The van der Waals surface area contributed by atoms with E-state index in [2.05, 4.69) is 5.32 Å². The summed E-state index contributed by atoms with van der Waals surface area (Å²) in [6.07, 6.45) is 6.81. The molecule has 2 rings (SSSR count). The van der Waals surface area contributed by atoms with Crippen LogP contribution in [-0.4, -0.2) is 31.2 Å². The van der Waals surface area contributed by atoms with E-state index in [-0.39, 0.29) is 18.6 Å². The van der Waals surface area contributed by atoms with Gasteiger partial charge in [0.25, 0.3) is 0 Å². The first kappa shape index (κ1) is 11.9. The molecule has 0 aliphatic heterocycles. The number of nitrogens with one attached hydrogen (secondary N) is 1. The summed E-state index contributed by atoms with van der Waals surface area (Å²) in [7, 11) is 0. The minimum Gasteiger partial charge on any atom is -0.368 e. The number of carbonyl (C=O) groups is 1. The van der Waals surface area contributed by atoms with Gasteiger partial charge < -0.3 is 15.8 Å². The molecule has 3 N–H and O–H groups in total. The molecule has 2 fully saturated rings. The van der Waals surface area contributed by atoms with Gasteiger partial charge in [0.2, 0.25) is 5.91 Å². The van der Waals surface area contributed by atoms with Crippen molar-refractivity contribution in [3.05, 3.63) is 0 Å². The zero-order valence-electron chi connectivity index (χ0n) is 9.78. The zero-order valence-corrected chi connectivity index (χ0v) is 9.78. The second-order valence-corrected chi connectivity index (χ2v) is 5.10. The highest BCUT2D eigenvalue weighted by Crippen LogP contribution is 2.27. The minimum atomic E-state index is 0.0294. The lowest BCUT2D eigenvalue weighted by molar-refractivity contribution is -0.128. The van der Waals surface area contributed by atoms with Crippen molar-refractivity contribution in [3.63, 3.8) is 0 Å². The fraction of sp³-hybridized carbons (Fsp3) is 0.917. The number of rotatable bonds is 5. The Kier molecular flexibility index (Phi) is 4.18. The van der Waals surface area contributed by atoms with Gasteiger partial charge in [-0.15, -0.1) is 0 Å². The van der Waals surface area contributed by atoms with Crippen LogP contribution in [0.2, 0.25) is 0 Å². The molecule has 4 nitrogen and oxygen atoms in total. The van der Waals surface area contributed by atoms with Gasteiger partial charge in [-0.1, -0.05) is 0 Å². The van der Waals surface area contributed by atoms with Crippen LogP contribution in [0.1, 0.15) is 38.5 Å². The highest BCUT2D eigenvalue weighted by Gasteiger charge is 2.22. The van der Waals surface area contributed by atoms with Crippen molar-refractivity contribution in [2.45, 2.75) is 50.7 Å². The number of hydrogen-bond donors (Lipinski definition) is 2. The molecule has 0 bridgehead atoms. The Balaban J connectivity index is 1.53. The first-order valence-electron chi connectivity index (χ1n) is 6.38. The third kappa shape index (κ3) is 4.10. The van der Waals surface area contributed by atoms with E-state index < -0.39 is 0 Å². The van der Waals surface area contributed by atoms with Crippen LogP contribution in [-0.2, 0) is 9.53 Å². The minimum absolute atomic E-state index is 0.0294. The summed E-state index contributed by atoms with van der Waals surface area (Å²) >= 11 is 0. The van der Waals surface area contributed by atoms with E-state index in [1.807, 2.05) is 0 Å². The van der Waals surface area contributed by atoms with Crippen LogP contribution >= 0.6 is 0 Å². The lowest BCUT2D eigenvalue weighted by atomic mass is 9.94. The van der Waals surface area contributed by atoms with Gasteiger partial charge in [-0.25, -0.2) is 0 Å². The molecule has 1 amide bonds. The molecule has 92 valence electrons. The summed E-state index contributed by atoms with van der Waals surface area (Å²) in [5.41, 5.74) is 5.81. The van der Waals surface area contributed by atoms with Gasteiger partial charge in [-0.2, -0.15) is 0 Å². The lowest BCUT2D eigenvalue weighted by Crippen LogP contribution is -2.34. The number of carbonyl (C=O) groups excluding carboxylic acids is 1. The van der Waals surface area contributed by atoms with Crippen molar-refractivity contribution < 1.29 is 9.53 Å². The number of amides is 1. The maximum atomic E-state index is 11.4. The Morgan fingerprint density at radius 2 is 1.88 bits per heavy atom. The topological polar surface area (TPSA) is 64.3 Å². The van der Waals surface area contributed by atoms with Crippen LogP contribution in [0.5, 0.6) is 0 Å². The van der Waals surface area contributed by atoms with Gasteiger partial charge in [0, 0.05) is 12.6 Å². The third-order valence-electron chi connectivity index (χ3n) is 3.45. The predicted molar refractivity (Wildman–Crippen MR) is 61.9 cm³/mol. The lowest BCUT2D eigenvalue weighted by Gasteiger charge is -2.25. The molecule has 0 spiro atoms. The highest BCUT2D eigenvalue weighted by atomic mass is 16.5. The van der Waals surface area contributed by atoms with E-state index in [4.69, 9.17) is 10.5 Å². The highest BCUT2D eigenvalue weighted by molar-refractivity contribution is 5.77. The SMILES string of the molecule is NC1CCC(OCC(=O)NCC2CC2)CC1. The average Bonchev–Trinajstić information content (AvgIpc) is 3.09. The summed E-state index contributed by atoms with van der Waals surface area (Å²) in [5.74, 6) is 0.762. The smallest absolute Gasteiger partial charge is 0.246 e. The molecule has 4 heteroatoms. The monoisotopic (exact) mass is 226 g/mol. The Morgan fingerprint density at radius 1 is 1.19 bits per heavy atom. The van der Waals surface area contributed by atoms with E-state index in [0.717, 1.165) is 38.1 Å². The second-order valence-electron chi connectivity index (χ2n) is 5.10. The zero-order chi connectivity index (χ0) is 11.4. The van der Waals surface area contributed by atoms with Crippen molar-refractivity contribution >= 4 is 5.91 Å². The van der Waals surface area contributed by atoms with Crippen LogP contribution in [0.15, 0.2) is 0 Å². The number of ether oxygens (including phenoxy) is 1. The van der Waals surface area contributed by atoms with Crippen LogP contribution in [0.3, 0.4) is 0 Å². The Labute approximate surface area is 96.9 Å². The van der Waals surface area contributed by atoms with Crippen LogP contribution in [0, 0.1) is 5.92 Å². The van der Waals surface area contributed by atoms with Crippen LogP contribution in [0.4, 0.5) is 0 Å². The molecule has 2 aliphatic rings. The molecule has 0 aromatic heterocycles. The largest absolute Gasteiger partial charge is 0.368 e. The molecular weight excluding hydrogens is 204 g/mol. The molecule has 16 heavy (non-hydrogen) atoms. The average molecular weight is 226 g/mol. The van der Waals surface area contributed by atoms with Gasteiger partial charge in [0.15, 0.2) is 0 Å². The normalized spacial score (nSPS) is 30.1. The standard InChI is InChI=1S/C12H22N2O2/c13-10-3-5-11(6-4-10)16-8-12(15)14-7-9-1-2-9/h9-11H,1-8,13H2,(H,14,15). The summed E-state index contributed by atoms with van der Waals surface area (Å²) < 4.78 is 5.58. The van der Waals surface area contributed by atoms with E-state index in [1.54, 1.807) is 0 Å². The summed E-state index contributed by atoms with van der Waals surface area (Å²) in [6.45, 7) is 1.05. The molecule has 2 aliphatic carbocycles. The predicted octanol–water partition coefficient (Wildman–Crippen LogP) is 0.799. The first-order valence-corrected chi connectivity index (χ1v) is 6.38. The summed E-state index contributed by atoms with van der Waals surface area (Å²) in [4.78, 5) is 11.4. The first-order chi connectivity index (χ1) is 7.74. The van der Waals surface area contributed by atoms with Crippen molar-refractivity contribution in [2.75, 3.05) is 13.2 Å². The van der Waals surface area contributed by atoms with Crippen molar-refractivity contribution in [1.29, 1.82) is 0 Å². The number of hydrogen-bond acceptors (Lipinski definition) is 3. The number of nitrogens with two attached hydrogens (primary N) is 1. The van der Waals surface area contributed by atoms with Crippen molar-refractivity contribution in [3.8, 4) is 0 Å². The quantitative estimate of drug-likeness (QED) is 0.728. The molecular formula is C12H22N2O2. The van der Waals surface area contributed by atoms with Gasteiger partial charge in [0.05, 0.1) is 6.10 Å². The van der Waals surface area contributed by atoms with Crippen molar-refractivity contribution in [1.82, 2.24) is 5.32 Å². The van der Waals surface area contributed by atoms with Crippen LogP contribution < -0.4 is 11.1 Å². The fourth-order valence-electron chi connectivity index (χ4n) is 2.08. The molecule has 0 unspecified atom stereocenters. The van der Waals surface area contributed by atoms with Gasteiger partial charge in [0.1, 0.15) is 6.61 Å². The van der Waals surface area contributed by atoms with Crippen LogP contribution in [0.25, 0.3) is 0 Å². The van der Waals surface area contributed by atoms with Crippen molar-refractivity contribution in [2.24, 2.45) is 11.7 Å². The molecule has 0 saturated heterocycles. The van der Waals surface area contributed by atoms with Gasteiger partial charge in [-0.3, -0.25) is 4.79 Å². The van der Waals surface area contributed by atoms with Gasteiger partial charge in [-0.05, 0) is 44.4 Å². The Bertz CT molecular complexity index is 233. The summed E-state index contributed by atoms with van der Waals surface area (Å²) in [5, 5.41) is 2.90. The van der Waals surface area contributed by atoms with E-state index >= 15 is 0 Å². The van der Waals surface area contributed by atoms with Gasteiger partial charge >= 0.3 is 0 Å². The Morgan fingerprint density at radius 3 is 2.50 bits per heavy atom. The molecule has 0 radical (unpaired) electrons. The molecule has 0 heterocycles. The molecule has 2 saturated carbocycles. The van der Waals surface area contributed by atoms with E-state index in [9.17, 15) is 4.79 Å². The van der Waals surface area contributed by atoms with E-state index in [0.29, 0.717) is 6.04 Å².